The molecule has 0 spiro atoms. The number of aryl methyl sites for hydroxylation is 1. The molecule has 0 saturated carbocycles. The molecular weight excluding hydrogens is 336 g/mol. The predicted octanol–water partition coefficient (Wildman–Crippen LogP) is 3.77. The third-order valence-corrected chi connectivity index (χ3v) is 5.45. The van der Waals surface area contributed by atoms with Crippen LogP contribution in [-0.4, -0.2) is 33.4 Å². The molecule has 1 aliphatic rings. The number of imidazole rings is 1. The van der Waals surface area contributed by atoms with Crippen molar-refractivity contribution in [3.8, 4) is 6.07 Å². The highest BCUT2D eigenvalue weighted by Gasteiger charge is 2.24. The summed E-state index contributed by atoms with van der Waals surface area (Å²) in [5, 5.41) is 8.88. The lowest BCUT2D eigenvalue weighted by Gasteiger charge is -2.32. The van der Waals surface area contributed by atoms with Gasteiger partial charge in [0.2, 0.25) is 0 Å². The van der Waals surface area contributed by atoms with E-state index in [0.29, 0.717) is 17.0 Å². The van der Waals surface area contributed by atoms with Crippen molar-refractivity contribution >= 4 is 16.9 Å². The highest BCUT2D eigenvalue weighted by molar-refractivity contribution is 5.94. The molecule has 0 unspecified atom stereocenters. The summed E-state index contributed by atoms with van der Waals surface area (Å²) in [5.41, 5.74) is 3.46. The van der Waals surface area contributed by atoms with Gasteiger partial charge in [-0.1, -0.05) is 12.1 Å². The van der Waals surface area contributed by atoms with Crippen LogP contribution >= 0.6 is 0 Å². The highest BCUT2D eigenvalue weighted by atomic mass is 16.2. The van der Waals surface area contributed by atoms with Crippen molar-refractivity contribution in [3.05, 3.63) is 65.5 Å². The summed E-state index contributed by atoms with van der Waals surface area (Å²) in [6.07, 6.45) is 1.99. The van der Waals surface area contributed by atoms with Crippen LogP contribution in [0.15, 0.2) is 48.5 Å². The minimum Gasteiger partial charge on any atom is -0.339 e. The summed E-state index contributed by atoms with van der Waals surface area (Å²) in [6.45, 7) is 4.55. The van der Waals surface area contributed by atoms with E-state index < -0.39 is 0 Å². The number of piperidine rings is 1. The fourth-order valence-corrected chi connectivity index (χ4v) is 3.87. The second kappa shape index (κ2) is 7.24. The Labute approximate surface area is 158 Å². The number of carbonyl (C=O) groups excluding carboxylic acids is 1. The van der Waals surface area contributed by atoms with Crippen molar-refractivity contribution in [2.75, 3.05) is 13.1 Å². The molecule has 0 bridgehead atoms. The van der Waals surface area contributed by atoms with Crippen molar-refractivity contribution in [1.29, 1.82) is 5.26 Å². The summed E-state index contributed by atoms with van der Waals surface area (Å²) in [7, 11) is 0. The van der Waals surface area contributed by atoms with Gasteiger partial charge < -0.3 is 9.47 Å². The van der Waals surface area contributed by atoms with E-state index in [2.05, 4.69) is 40.7 Å². The van der Waals surface area contributed by atoms with Crippen LogP contribution in [0.3, 0.4) is 0 Å². The minimum absolute atomic E-state index is 0.0576. The van der Waals surface area contributed by atoms with Crippen molar-refractivity contribution in [3.63, 3.8) is 0 Å². The molecule has 1 amide bonds. The number of fused-ring (bicyclic) bond motifs is 1. The molecule has 1 saturated heterocycles. The molecule has 0 aliphatic carbocycles. The van der Waals surface area contributed by atoms with E-state index in [-0.39, 0.29) is 5.91 Å². The molecule has 2 aromatic carbocycles. The van der Waals surface area contributed by atoms with Crippen LogP contribution in [0.5, 0.6) is 0 Å². The average molecular weight is 358 g/mol. The lowest BCUT2D eigenvalue weighted by atomic mass is 9.96. The molecule has 3 aromatic rings. The number of para-hydroxylation sites is 2. The first-order valence-electron chi connectivity index (χ1n) is 9.37. The fourth-order valence-electron chi connectivity index (χ4n) is 3.87. The largest absolute Gasteiger partial charge is 0.339 e. The number of nitriles is 1. The molecule has 5 nitrogen and oxygen atoms in total. The van der Waals surface area contributed by atoms with Crippen LogP contribution in [0.1, 0.15) is 34.6 Å². The van der Waals surface area contributed by atoms with Gasteiger partial charge in [0.25, 0.3) is 5.91 Å². The lowest BCUT2D eigenvalue weighted by Crippen LogP contribution is -2.39. The van der Waals surface area contributed by atoms with Crippen molar-refractivity contribution in [2.24, 2.45) is 5.92 Å². The number of nitrogens with zero attached hydrogens (tertiary/aromatic N) is 4. The SMILES string of the molecule is Cc1nc2ccccc2n1CC1CCN(C(=O)c2ccc(C#N)cc2)CC1. The van der Waals surface area contributed by atoms with Crippen molar-refractivity contribution in [1.82, 2.24) is 14.5 Å². The molecule has 4 rings (SSSR count). The molecule has 1 aliphatic heterocycles. The van der Waals surface area contributed by atoms with Gasteiger partial charge in [0.05, 0.1) is 22.7 Å². The number of hydrogen-bond acceptors (Lipinski definition) is 3. The molecule has 0 radical (unpaired) electrons. The zero-order valence-electron chi connectivity index (χ0n) is 15.4. The van der Waals surface area contributed by atoms with E-state index in [0.717, 1.165) is 43.8 Å². The van der Waals surface area contributed by atoms with Gasteiger partial charge in [-0.3, -0.25) is 4.79 Å². The zero-order valence-corrected chi connectivity index (χ0v) is 15.4. The van der Waals surface area contributed by atoms with Crippen LogP contribution in [-0.2, 0) is 6.54 Å². The van der Waals surface area contributed by atoms with Gasteiger partial charge in [-0.15, -0.1) is 0 Å². The Kier molecular flexibility index (Phi) is 4.64. The molecule has 5 heteroatoms. The first-order chi connectivity index (χ1) is 13.2. The standard InChI is InChI=1S/C22H22N4O/c1-16-24-20-4-2-3-5-21(20)26(16)15-18-10-12-25(13-11-18)22(27)19-8-6-17(14-23)7-9-19/h2-9,18H,10-13,15H2,1H3. The molecular formula is C22H22N4O. The van der Waals surface area contributed by atoms with E-state index >= 15 is 0 Å². The highest BCUT2D eigenvalue weighted by Crippen LogP contribution is 2.24. The number of amides is 1. The van der Waals surface area contributed by atoms with Crippen LogP contribution in [0.4, 0.5) is 0 Å². The minimum atomic E-state index is 0.0576. The van der Waals surface area contributed by atoms with Crippen LogP contribution in [0, 0.1) is 24.2 Å². The second-order valence-corrected chi connectivity index (χ2v) is 7.18. The Morgan fingerprint density at radius 2 is 1.85 bits per heavy atom. The lowest BCUT2D eigenvalue weighted by molar-refractivity contribution is 0.0683. The van der Waals surface area contributed by atoms with Gasteiger partial charge in [-0.2, -0.15) is 5.26 Å². The first-order valence-corrected chi connectivity index (χ1v) is 9.37. The number of carbonyl (C=O) groups is 1. The van der Waals surface area contributed by atoms with E-state index in [9.17, 15) is 4.79 Å². The third-order valence-electron chi connectivity index (χ3n) is 5.45. The molecule has 1 aromatic heterocycles. The monoisotopic (exact) mass is 358 g/mol. The van der Waals surface area contributed by atoms with Gasteiger partial charge in [0.15, 0.2) is 0 Å². The van der Waals surface area contributed by atoms with Crippen LogP contribution in [0.2, 0.25) is 0 Å². The smallest absolute Gasteiger partial charge is 0.253 e. The summed E-state index contributed by atoms with van der Waals surface area (Å²) in [5.74, 6) is 1.65. The Morgan fingerprint density at radius 3 is 2.56 bits per heavy atom. The van der Waals surface area contributed by atoms with Crippen LogP contribution < -0.4 is 0 Å². The Bertz CT molecular complexity index is 1000. The maximum absolute atomic E-state index is 12.7. The van der Waals surface area contributed by atoms with Gasteiger partial charge >= 0.3 is 0 Å². The third kappa shape index (κ3) is 3.43. The number of aromatic nitrogens is 2. The summed E-state index contributed by atoms with van der Waals surface area (Å²) in [4.78, 5) is 19.3. The van der Waals surface area contributed by atoms with Crippen molar-refractivity contribution in [2.45, 2.75) is 26.3 Å². The average Bonchev–Trinajstić information content (AvgIpc) is 3.03. The first kappa shape index (κ1) is 17.3. The zero-order chi connectivity index (χ0) is 18.8. The topological polar surface area (TPSA) is 61.9 Å². The summed E-state index contributed by atoms with van der Waals surface area (Å²) in [6, 6.07) is 17.2. The molecule has 0 N–H and O–H groups in total. The van der Waals surface area contributed by atoms with E-state index in [1.54, 1.807) is 24.3 Å². The predicted molar refractivity (Wildman–Crippen MR) is 104 cm³/mol. The number of hydrogen-bond donors (Lipinski definition) is 0. The second-order valence-electron chi connectivity index (χ2n) is 7.18. The van der Waals surface area contributed by atoms with Gasteiger partial charge in [0, 0.05) is 25.2 Å². The van der Waals surface area contributed by atoms with Crippen LogP contribution in [0.25, 0.3) is 11.0 Å². The van der Waals surface area contributed by atoms with E-state index in [1.165, 1.54) is 5.52 Å². The fraction of sp³-hybridized carbons (Fsp3) is 0.318. The van der Waals surface area contributed by atoms with Gasteiger partial charge in [-0.05, 0) is 62.1 Å². The van der Waals surface area contributed by atoms with E-state index in [1.807, 2.05) is 11.0 Å². The number of likely N-dealkylation sites (tertiary alicyclic amines) is 1. The molecule has 27 heavy (non-hydrogen) atoms. The number of rotatable bonds is 3. The van der Waals surface area contributed by atoms with E-state index in [4.69, 9.17) is 5.26 Å². The van der Waals surface area contributed by atoms with Gasteiger partial charge in [-0.25, -0.2) is 4.98 Å². The molecule has 2 heterocycles. The normalized spacial score (nSPS) is 15.0. The maximum Gasteiger partial charge on any atom is 0.253 e. The summed E-state index contributed by atoms with van der Waals surface area (Å²) < 4.78 is 2.30. The Balaban J connectivity index is 1.40. The van der Waals surface area contributed by atoms with Crippen molar-refractivity contribution < 1.29 is 4.79 Å². The Hall–Kier alpha value is -3.13. The quantitative estimate of drug-likeness (QED) is 0.716. The molecule has 1 fully saturated rings. The Morgan fingerprint density at radius 1 is 1.15 bits per heavy atom. The maximum atomic E-state index is 12.7. The van der Waals surface area contributed by atoms with Gasteiger partial charge in [0.1, 0.15) is 5.82 Å². The number of benzene rings is 2. The molecule has 0 atom stereocenters. The molecule has 136 valence electrons. The summed E-state index contributed by atoms with van der Waals surface area (Å²) >= 11 is 0.